The maximum absolute atomic E-state index is 5.71. The van der Waals surface area contributed by atoms with Crippen LogP contribution in [0.15, 0.2) is 18.2 Å². The summed E-state index contributed by atoms with van der Waals surface area (Å²) < 4.78 is 0. The molecule has 2 nitrogen and oxygen atoms in total. The van der Waals surface area contributed by atoms with Gasteiger partial charge in [-0.2, -0.15) is 0 Å². The van der Waals surface area contributed by atoms with Crippen LogP contribution < -0.4 is 10.6 Å². The minimum Gasteiger partial charge on any atom is -0.368 e. The van der Waals surface area contributed by atoms with Crippen molar-refractivity contribution >= 4 is 5.69 Å². The third kappa shape index (κ3) is 2.54. The Labute approximate surface area is 111 Å². The first kappa shape index (κ1) is 13.4. The van der Waals surface area contributed by atoms with Crippen molar-refractivity contribution < 1.29 is 0 Å². The van der Waals surface area contributed by atoms with E-state index in [4.69, 9.17) is 5.73 Å². The Bertz CT molecular complexity index is 414. The molecule has 1 aromatic carbocycles. The van der Waals surface area contributed by atoms with Crippen molar-refractivity contribution in [1.29, 1.82) is 0 Å². The minimum atomic E-state index is 0.628. The van der Waals surface area contributed by atoms with E-state index in [2.05, 4.69) is 50.8 Å². The summed E-state index contributed by atoms with van der Waals surface area (Å²) in [4.78, 5) is 2.58. The summed E-state index contributed by atoms with van der Waals surface area (Å²) >= 11 is 0. The van der Waals surface area contributed by atoms with Crippen LogP contribution in [-0.4, -0.2) is 12.6 Å². The van der Waals surface area contributed by atoms with Gasteiger partial charge in [-0.05, 0) is 49.3 Å². The second-order valence-electron chi connectivity index (χ2n) is 6.04. The maximum atomic E-state index is 5.71. The third-order valence-corrected chi connectivity index (χ3v) is 4.40. The molecule has 1 heterocycles. The van der Waals surface area contributed by atoms with Crippen LogP contribution in [-0.2, 0) is 6.54 Å². The van der Waals surface area contributed by atoms with Gasteiger partial charge in [0.1, 0.15) is 0 Å². The first-order valence-corrected chi connectivity index (χ1v) is 7.09. The number of benzene rings is 1. The fourth-order valence-electron chi connectivity index (χ4n) is 3.20. The molecular formula is C16H26N2. The first-order valence-electron chi connectivity index (χ1n) is 7.09. The van der Waals surface area contributed by atoms with Crippen LogP contribution in [0, 0.1) is 18.8 Å². The van der Waals surface area contributed by atoms with Crippen molar-refractivity contribution in [2.75, 3.05) is 11.4 Å². The van der Waals surface area contributed by atoms with Crippen molar-refractivity contribution in [3.8, 4) is 0 Å². The highest BCUT2D eigenvalue weighted by atomic mass is 15.2. The van der Waals surface area contributed by atoms with E-state index in [1.807, 2.05) is 0 Å². The van der Waals surface area contributed by atoms with Crippen LogP contribution >= 0.6 is 0 Å². The van der Waals surface area contributed by atoms with Gasteiger partial charge in [0, 0.05) is 24.8 Å². The zero-order valence-corrected chi connectivity index (χ0v) is 12.1. The molecule has 1 aliphatic rings. The number of anilines is 1. The highest BCUT2D eigenvalue weighted by Crippen LogP contribution is 2.33. The largest absolute Gasteiger partial charge is 0.368 e. The third-order valence-electron chi connectivity index (χ3n) is 4.40. The van der Waals surface area contributed by atoms with Crippen LogP contribution in [0.5, 0.6) is 0 Å². The van der Waals surface area contributed by atoms with Gasteiger partial charge < -0.3 is 10.6 Å². The molecule has 1 aliphatic heterocycles. The molecule has 1 aromatic rings. The van der Waals surface area contributed by atoms with Gasteiger partial charge in [0.05, 0.1) is 0 Å². The molecule has 100 valence electrons. The molecule has 0 saturated carbocycles. The van der Waals surface area contributed by atoms with Crippen molar-refractivity contribution in [1.82, 2.24) is 0 Å². The highest BCUT2D eigenvalue weighted by molar-refractivity contribution is 5.55. The molecule has 1 saturated heterocycles. The quantitative estimate of drug-likeness (QED) is 0.867. The van der Waals surface area contributed by atoms with Gasteiger partial charge in [0.2, 0.25) is 0 Å². The SMILES string of the molecule is Cc1cc(CN)ccc1N1CC(C)CC(C)C1C. The average molecular weight is 246 g/mol. The number of nitrogens with zero attached hydrogens (tertiary/aromatic N) is 1. The Balaban J connectivity index is 2.29. The molecule has 2 N–H and O–H groups in total. The second-order valence-corrected chi connectivity index (χ2v) is 6.04. The molecule has 0 amide bonds. The second kappa shape index (κ2) is 5.31. The molecule has 1 fully saturated rings. The number of nitrogens with two attached hydrogens (primary N) is 1. The van der Waals surface area contributed by atoms with Gasteiger partial charge in [0.25, 0.3) is 0 Å². The molecule has 0 bridgehead atoms. The number of hydrogen-bond acceptors (Lipinski definition) is 2. The van der Waals surface area contributed by atoms with E-state index >= 15 is 0 Å². The Hall–Kier alpha value is -1.02. The molecule has 2 heteroatoms. The number of piperidine rings is 1. The molecule has 0 radical (unpaired) electrons. The van der Waals surface area contributed by atoms with Crippen molar-refractivity contribution in [2.24, 2.45) is 17.6 Å². The van der Waals surface area contributed by atoms with E-state index in [1.165, 1.54) is 29.8 Å². The lowest BCUT2D eigenvalue weighted by atomic mass is 9.85. The summed E-state index contributed by atoms with van der Waals surface area (Å²) in [5, 5.41) is 0. The van der Waals surface area contributed by atoms with E-state index in [9.17, 15) is 0 Å². The van der Waals surface area contributed by atoms with E-state index in [0.717, 1.165) is 11.8 Å². The monoisotopic (exact) mass is 246 g/mol. The lowest BCUT2D eigenvalue weighted by molar-refractivity contribution is 0.297. The molecule has 2 rings (SSSR count). The number of aryl methyl sites for hydroxylation is 1. The zero-order chi connectivity index (χ0) is 13.3. The first-order chi connectivity index (χ1) is 8.52. The van der Waals surface area contributed by atoms with E-state index in [0.29, 0.717) is 12.6 Å². The molecular weight excluding hydrogens is 220 g/mol. The maximum Gasteiger partial charge on any atom is 0.0398 e. The Morgan fingerprint density at radius 3 is 2.61 bits per heavy atom. The van der Waals surface area contributed by atoms with E-state index < -0.39 is 0 Å². The van der Waals surface area contributed by atoms with Crippen LogP contribution in [0.3, 0.4) is 0 Å². The topological polar surface area (TPSA) is 29.3 Å². The van der Waals surface area contributed by atoms with Crippen molar-refractivity contribution in [3.63, 3.8) is 0 Å². The fraction of sp³-hybridized carbons (Fsp3) is 0.625. The molecule has 0 aliphatic carbocycles. The molecule has 0 spiro atoms. The zero-order valence-electron chi connectivity index (χ0n) is 12.1. The predicted octanol–water partition coefficient (Wildman–Crippen LogP) is 3.32. The summed E-state index contributed by atoms with van der Waals surface area (Å²) in [6.07, 6.45) is 1.34. The van der Waals surface area contributed by atoms with Crippen LogP contribution in [0.1, 0.15) is 38.3 Å². The standard InChI is InChI=1S/C16H26N2/c1-11-7-12(2)14(4)18(10-11)16-6-5-15(9-17)8-13(16)3/h5-6,8,11-12,14H,7,9-10,17H2,1-4H3. The Morgan fingerprint density at radius 2 is 2.00 bits per heavy atom. The fourth-order valence-corrected chi connectivity index (χ4v) is 3.20. The van der Waals surface area contributed by atoms with Gasteiger partial charge in [-0.3, -0.25) is 0 Å². The van der Waals surface area contributed by atoms with Crippen LogP contribution in [0.4, 0.5) is 5.69 Å². The predicted molar refractivity (Wildman–Crippen MR) is 78.8 cm³/mol. The van der Waals surface area contributed by atoms with Gasteiger partial charge >= 0.3 is 0 Å². The average Bonchev–Trinajstić information content (AvgIpc) is 2.34. The Kier molecular flexibility index (Phi) is 3.96. The van der Waals surface area contributed by atoms with Gasteiger partial charge in [-0.25, -0.2) is 0 Å². The lowest BCUT2D eigenvalue weighted by Gasteiger charge is -2.43. The molecule has 3 unspecified atom stereocenters. The summed E-state index contributed by atoms with van der Waals surface area (Å²) in [6.45, 7) is 11.1. The summed E-state index contributed by atoms with van der Waals surface area (Å²) in [6, 6.07) is 7.27. The van der Waals surface area contributed by atoms with Crippen molar-refractivity contribution in [3.05, 3.63) is 29.3 Å². The van der Waals surface area contributed by atoms with E-state index in [1.54, 1.807) is 0 Å². The van der Waals surface area contributed by atoms with E-state index in [-0.39, 0.29) is 0 Å². The lowest BCUT2D eigenvalue weighted by Crippen LogP contribution is -2.46. The van der Waals surface area contributed by atoms with Crippen molar-refractivity contribution in [2.45, 2.75) is 46.7 Å². The van der Waals surface area contributed by atoms with Gasteiger partial charge in [-0.1, -0.05) is 26.0 Å². The van der Waals surface area contributed by atoms with Crippen LogP contribution in [0.25, 0.3) is 0 Å². The molecule has 3 atom stereocenters. The normalized spacial score (nSPS) is 28.5. The smallest absolute Gasteiger partial charge is 0.0398 e. The number of hydrogen-bond donors (Lipinski definition) is 1. The van der Waals surface area contributed by atoms with Crippen LogP contribution in [0.2, 0.25) is 0 Å². The van der Waals surface area contributed by atoms with Gasteiger partial charge in [-0.15, -0.1) is 0 Å². The minimum absolute atomic E-state index is 0.628. The summed E-state index contributed by atoms with van der Waals surface area (Å²) in [5.74, 6) is 1.55. The summed E-state index contributed by atoms with van der Waals surface area (Å²) in [7, 11) is 0. The summed E-state index contributed by atoms with van der Waals surface area (Å²) in [5.41, 5.74) is 9.67. The number of rotatable bonds is 2. The Morgan fingerprint density at radius 1 is 1.28 bits per heavy atom. The van der Waals surface area contributed by atoms with Gasteiger partial charge in [0.15, 0.2) is 0 Å². The molecule has 18 heavy (non-hydrogen) atoms. The highest BCUT2D eigenvalue weighted by Gasteiger charge is 2.29. The molecule has 0 aromatic heterocycles.